The second-order valence-electron chi connectivity index (χ2n) is 7.57. The van der Waals surface area contributed by atoms with Crippen LogP contribution in [0.4, 0.5) is 0 Å². The first-order valence-electron chi connectivity index (χ1n) is 8.90. The molecule has 0 radical (unpaired) electrons. The van der Waals surface area contributed by atoms with E-state index in [1.54, 1.807) is 0 Å². The quantitative estimate of drug-likeness (QED) is 0.782. The number of ether oxygens (including phenoxy) is 1. The van der Waals surface area contributed by atoms with Crippen LogP contribution in [0, 0.1) is 0 Å². The highest BCUT2D eigenvalue weighted by Gasteiger charge is 2.61. The highest BCUT2D eigenvalue weighted by molar-refractivity contribution is 5.89. The van der Waals surface area contributed by atoms with Gasteiger partial charge in [-0.25, -0.2) is 0 Å². The zero-order valence-electron chi connectivity index (χ0n) is 13.3. The molecule has 0 N–H and O–H groups in total. The third-order valence-electron chi connectivity index (χ3n) is 6.20. The first kappa shape index (κ1) is 14.0. The molecule has 4 aliphatic rings. The van der Waals surface area contributed by atoms with Gasteiger partial charge in [0.1, 0.15) is 5.60 Å². The second-order valence-corrected chi connectivity index (χ2v) is 7.57. The van der Waals surface area contributed by atoms with E-state index in [-0.39, 0.29) is 11.5 Å². The molecule has 0 atom stereocenters. The number of carbonyl (C=O) groups excluding carboxylic acids is 1. The lowest BCUT2D eigenvalue weighted by atomic mass is 9.87. The maximum Gasteiger partial charge on any atom is 0.254 e. The fourth-order valence-corrected chi connectivity index (χ4v) is 4.71. The molecule has 2 saturated heterocycles. The van der Waals surface area contributed by atoms with E-state index in [1.807, 2.05) is 0 Å². The molecule has 0 unspecified atom stereocenters. The Balaban J connectivity index is 1.45. The first-order chi connectivity index (χ1) is 10.2. The van der Waals surface area contributed by atoms with E-state index >= 15 is 0 Å². The molecule has 0 aromatic rings. The van der Waals surface area contributed by atoms with Crippen molar-refractivity contribution in [3.63, 3.8) is 0 Å². The summed E-state index contributed by atoms with van der Waals surface area (Å²) in [7, 11) is 0. The van der Waals surface area contributed by atoms with Crippen LogP contribution in [0.15, 0.2) is 0 Å². The average molecular weight is 292 g/mol. The first-order valence-corrected chi connectivity index (χ1v) is 8.90. The van der Waals surface area contributed by atoms with Crippen molar-refractivity contribution < 1.29 is 9.53 Å². The predicted octanol–water partition coefficient (Wildman–Crippen LogP) is 2.17. The molecule has 4 fully saturated rings. The molecule has 2 saturated carbocycles. The van der Waals surface area contributed by atoms with Gasteiger partial charge < -0.3 is 14.5 Å². The van der Waals surface area contributed by atoms with Crippen LogP contribution in [0.3, 0.4) is 0 Å². The highest BCUT2D eigenvalue weighted by Crippen LogP contribution is 2.50. The van der Waals surface area contributed by atoms with E-state index in [2.05, 4.69) is 16.7 Å². The van der Waals surface area contributed by atoms with Crippen LogP contribution in [0.25, 0.3) is 0 Å². The minimum Gasteiger partial charge on any atom is -0.357 e. The van der Waals surface area contributed by atoms with E-state index in [1.165, 1.54) is 25.7 Å². The summed E-state index contributed by atoms with van der Waals surface area (Å²) in [6.07, 6.45) is 9.68. The standard InChI is InChI=1S/C17H28N2O2/c1-2-18-13-16(21-17(7-8-17)15(18)20)9-11-19(12-10-16)14-5-3-4-6-14/h14H,2-13H2,1H3. The van der Waals surface area contributed by atoms with Gasteiger partial charge in [-0.2, -0.15) is 0 Å². The molecule has 1 amide bonds. The third kappa shape index (κ3) is 2.31. The second kappa shape index (κ2) is 4.95. The maximum absolute atomic E-state index is 12.4. The molecule has 0 aromatic heterocycles. The van der Waals surface area contributed by atoms with Crippen LogP contribution in [-0.4, -0.2) is 59.1 Å². The van der Waals surface area contributed by atoms with Crippen molar-refractivity contribution in [2.75, 3.05) is 26.2 Å². The topological polar surface area (TPSA) is 32.8 Å². The molecule has 0 bridgehead atoms. The van der Waals surface area contributed by atoms with Gasteiger partial charge in [-0.1, -0.05) is 12.8 Å². The number of rotatable bonds is 2. The Labute approximate surface area is 127 Å². The number of likely N-dealkylation sites (N-methyl/N-ethyl adjacent to an activating group) is 1. The van der Waals surface area contributed by atoms with Crippen LogP contribution in [-0.2, 0) is 9.53 Å². The number of likely N-dealkylation sites (tertiary alicyclic amines) is 1. The van der Waals surface area contributed by atoms with Gasteiger partial charge >= 0.3 is 0 Å². The van der Waals surface area contributed by atoms with Crippen molar-refractivity contribution in [3.8, 4) is 0 Å². The summed E-state index contributed by atoms with van der Waals surface area (Å²) in [4.78, 5) is 17.2. The number of carbonyl (C=O) groups is 1. The zero-order chi connectivity index (χ0) is 14.5. The van der Waals surface area contributed by atoms with E-state index in [0.717, 1.165) is 57.9 Å². The van der Waals surface area contributed by atoms with Gasteiger partial charge in [-0.15, -0.1) is 0 Å². The van der Waals surface area contributed by atoms with Crippen LogP contribution < -0.4 is 0 Å². The van der Waals surface area contributed by atoms with E-state index in [4.69, 9.17) is 4.74 Å². The molecular formula is C17H28N2O2. The molecule has 4 heteroatoms. The van der Waals surface area contributed by atoms with Gasteiger partial charge in [0.15, 0.2) is 0 Å². The SMILES string of the molecule is CCN1CC2(CCN(C3CCCC3)CC2)OC2(CC2)C1=O. The Morgan fingerprint density at radius 3 is 2.38 bits per heavy atom. The van der Waals surface area contributed by atoms with Gasteiger partial charge in [-0.05, 0) is 45.4 Å². The van der Waals surface area contributed by atoms with Crippen molar-refractivity contribution in [1.29, 1.82) is 0 Å². The summed E-state index contributed by atoms with van der Waals surface area (Å²) >= 11 is 0. The highest BCUT2D eigenvalue weighted by atomic mass is 16.5. The zero-order valence-corrected chi connectivity index (χ0v) is 13.3. The normalized spacial score (nSPS) is 32.2. The molecule has 2 heterocycles. The third-order valence-corrected chi connectivity index (χ3v) is 6.20. The number of nitrogens with zero attached hydrogens (tertiary/aromatic N) is 2. The Bertz CT molecular complexity index is 419. The van der Waals surface area contributed by atoms with Crippen molar-refractivity contribution in [3.05, 3.63) is 0 Å². The lowest BCUT2D eigenvalue weighted by Crippen LogP contribution is -2.63. The van der Waals surface area contributed by atoms with Crippen molar-refractivity contribution in [2.24, 2.45) is 0 Å². The number of hydrogen-bond donors (Lipinski definition) is 0. The van der Waals surface area contributed by atoms with E-state index in [0.29, 0.717) is 0 Å². The largest absolute Gasteiger partial charge is 0.357 e. The Morgan fingerprint density at radius 2 is 1.81 bits per heavy atom. The summed E-state index contributed by atoms with van der Waals surface area (Å²) in [6.45, 7) is 6.07. The van der Waals surface area contributed by atoms with E-state index < -0.39 is 5.60 Å². The van der Waals surface area contributed by atoms with Gasteiger partial charge in [0.25, 0.3) is 5.91 Å². The molecule has 4 rings (SSSR count). The minimum absolute atomic E-state index is 0.0461. The van der Waals surface area contributed by atoms with Crippen molar-refractivity contribution >= 4 is 5.91 Å². The summed E-state index contributed by atoms with van der Waals surface area (Å²) in [5.41, 5.74) is -0.459. The number of piperidine rings is 1. The van der Waals surface area contributed by atoms with Gasteiger partial charge in [0.2, 0.25) is 0 Å². The van der Waals surface area contributed by atoms with Gasteiger partial charge in [-0.3, -0.25) is 4.79 Å². The summed E-state index contributed by atoms with van der Waals surface area (Å²) < 4.78 is 6.45. The van der Waals surface area contributed by atoms with E-state index in [9.17, 15) is 4.79 Å². The van der Waals surface area contributed by atoms with Gasteiger partial charge in [0, 0.05) is 32.2 Å². The molecule has 4 nitrogen and oxygen atoms in total. The average Bonchev–Trinajstić information content (AvgIpc) is 3.05. The molecule has 0 aromatic carbocycles. The van der Waals surface area contributed by atoms with Crippen molar-refractivity contribution in [1.82, 2.24) is 9.80 Å². The maximum atomic E-state index is 12.4. The predicted molar refractivity (Wildman–Crippen MR) is 81.1 cm³/mol. The molecule has 21 heavy (non-hydrogen) atoms. The van der Waals surface area contributed by atoms with Crippen molar-refractivity contribution in [2.45, 2.75) is 75.5 Å². The molecule has 2 spiro atoms. The van der Waals surface area contributed by atoms with Crippen LogP contribution >= 0.6 is 0 Å². The Morgan fingerprint density at radius 1 is 1.14 bits per heavy atom. The molecule has 2 aliphatic heterocycles. The Hall–Kier alpha value is -0.610. The fraction of sp³-hybridized carbons (Fsp3) is 0.941. The minimum atomic E-state index is -0.413. The number of morpholine rings is 1. The summed E-state index contributed by atoms with van der Waals surface area (Å²) in [5, 5.41) is 0. The lowest BCUT2D eigenvalue weighted by molar-refractivity contribution is -0.201. The van der Waals surface area contributed by atoms with Crippen LogP contribution in [0.5, 0.6) is 0 Å². The summed E-state index contributed by atoms with van der Waals surface area (Å²) in [5.74, 6) is 0.258. The monoisotopic (exact) mass is 292 g/mol. The smallest absolute Gasteiger partial charge is 0.254 e. The van der Waals surface area contributed by atoms with Gasteiger partial charge in [0.05, 0.1) is 5.60 Å². The lowest BCUT2D eigenvalue weighted by Gasteiger charge is -2.50. The number of hydrogen-bond acceptors (Lipinski definition) is 3. The molecule has 2 aliphatic carbocycles. The van der Waals surface area contributed by atoms with Crippen LogP contribution in [0.2, 0.25) is 0 Å². The van der Waals surface area contributed by atoms with Crippen LogP contribution in [0.1, 0.15) is 58.3 Å². The Kier molecular flexibility index (Phi) is 3.30. The summed E-state index contributed by atoms with van der Waals surface area (Å²) in [6, 6.07) is 0.824. The fourth-order valence-electron chi connectivity index (χ4n) is 4.71. The molecular weight excluding hydrogens is 264 g/mol. The molecule has 118 valence electrons. The number of amides is 1.